The lowest BCUT2D eigenvalue weighted by Crippen LogP contribution is -2.58. The largest absolute Gasteiger partial charge is 0.458 e. The van der Waals surface area contributed by atoms with E-state index in [9.17, 15) is 14.4 Å². The number of nitrogens with two attached hydrogens (primary N) is 1. The van der Waals surface area contributed by atoms with Gasteiger partial charge in [-0.15, -0.1) is 0 Å². The van der Waals surface area contributed by atoms with E-state index >= 15 is 0 Å². The molecule has 3 heterocycles. The fourth-order valence-electron chi connectivity index (χ4n) is 5.97. The second kappa shape index (κ2) is 12.2. The standard InChI is InChI=1S/C29H37N3O8/c1-3-36-22(37-4-2)13-12-18-9-8-10-19(15-18)17-32-24-23-26(39-27(24)34)25-20(38-25)16-29(23,40-32)28(35)31-14-7-5-6-11-21(30)33/h8-10,15,20,22-26H,3-7,11,14,16-17H2,1-2H3,(H2,30,33)(H,31,35)/t20?,23?,24?,25?,26?,29-/m0/s1. The molecule has 40 heavy (non-hydrogen) atoms. The molecule has 1 saturated carbocycles. The molecule has 2 amide bonds. The van der Waals surface area contributed by atoms with Gasteiger partial charge < -0.3 is 30.0 Å². The maximum Gasteiger partial charge on any atom is 0.326 e. The van der Waals surface area contributed by atoms with E-state index in [0.29, 0.717) is 45.4 Å². The molecule has 3 N–H and O–H groups in total. The van der Waals surface area contributed by atoms with Crippen molar-refractivity contribution in [3.8, 4) is 11.8 Å². The summed E-state index contributed by atoms with van der Waals surface area (Å²) in [4.78, 5) is 44.1. The summed E-state index contributed by atoms with van der Waals surface area (Å²) in [5.41, 5.74) is 5.58. The zero-order valence-electron chi connectivity index (χ0n) is 22.9. The van der Waals surface area contributed by atoms with Crippen LogP contribution in [0.4, 0.5) is 0 Å². The van der Waals surface area contributed by atoms with Crippen LogP contribution in [0, 0.1) is 17.8 Å². The summed E-state index contributed by atoms with van der Waals surface area (Å²) in [5.74, 6) is 4.62. The fourth-order valence-corrected chi connectivity index (χ4v) is 5.97. The maximum absolute atomic E-state index is 13.6. The molecule has 11 nitrogen and oxygen atoms in total. The minimum Gasteiger partial charge on any atom is -0.458 e. The Kier molecular flexibility index (Phi) is 8.73. The van der Waals surface area contributed by atoms with Gasteiger partial charge in [0.1, 0.15) is 18.2 Å². The Hall–Kier alpha value is -3.01. The summed E-state index contributed by atoms with van der Waals surface area (Å²) in [6.45, 7) is 5.45. The van der Waals surface area contributed by atoms with Crippen LogP contribution in [0.2, 0.25) is 0 Å². The van der Waals surface area contributed by atoms with E-state index in [1.807, 2.05) is 38.1 Å². The number of hydroxylamine groups is 2. The Morgan fingerprint density at radius 2 is 2.00 bits per heavy atom. The Morgan fingerprint density at radius 3 is 2.75 bits per heavy atom. The molecule has 3 aliphatic heterocycles. The number of amides is 2. The molecular weight excluding hydrogens is 518 g/mol. The number of hydrogen-bond acceptors (Lipinski definition) is 9. The van der Waals surface area contributed by atoms with Crippen LogP contribution < -0.4 is 11.1 Å². The first-order valence-corrected chi connectivity index (χ1v) is 14.1. The van der Waals surface area contributed by atoms with E-state index < -0.39 is 35.9 Å². The minimum atomic E-state index is -1.26. The third kappa shape index (κ3) is 5.87. The zero-order valence-corrected chi connectivity index (χ0v) is 22.9. The number of unbranched alkanes of at least 4 members (excludes halogenated alkanes) is 2. The Balaban J connectivity index is 1.29. The van der Waals surface area contributed by atoms with Crippen LogP contribution in [0.15, 0.2) is 24.3 Å². The number of primary amides is 1. The average Bonchev–Trinajstić information content (AvgIpc) is 3.50. The SMILES string of the molecule is CCOC(C#Cc1cccc(CN2O[C@@]3(C(=O)NCCCCCC(N)=O)CC4OC4C4OC(=O)C2C43)c1)OCC. The second-order valence-electron chi connectivity index (χ2n) is 10.5. The molecule has 5 rings (SSSR count). The van der Waals surface area contributed by atoms with Crippen molar-refractivity contribution in [3.05, 3.63) is 35.4 Å². The van der Waals surface area contributed by atoms with E-state index in [2.05, 4.69) is 17.2 Å². The molecule has 0 spiro atoms. The number of hydrogen-bond donors (Lipinski definition) is 2. The van der Waals surface area contributed by atoms with Gasteiger partial charge in [0.05, 0.1) is 18.6 Å². The first kappa shape index (κ1) is 28.5. The van der Waals surface area contributed by atoms with Crippen molar-refractivity contribution in [2.45, 2.75) is 88.7 Å². The number of rotatable bonds is 13. The highest BCUT2D eigenvalue weighted by Gasteiger charge is 2.76. The lowest BCUT2D eigenvalue weighted by atomic mass is 9.71. The Morgan fingerprint density at radius 1 is 1.20 bits per heavy atom. The molecule has 5 unspecified atom stereocenters. The number of nitrogens with zero attached hydrogens (tertiary/aromatic N) is 1. The summed E-state index contributed by atoms with van der Waals surface area (Å²) in [6, 6.07) is 6.91. The van der Waals surface area contributed by atoms with Crippen LogP contribution in [-0.4, -0.2) is 78.9 Å². The van der Waals surface area contributed by atoms with Gasteiger partial charge in [0.2, 0.25) is 12.2 Å². The molecule has 216 valence electrons. The number of carbonyl (C=O) groups is 3. The van der Waals surface area contributed by atoms with Gasteiger partial charge in [-0.25, -0.2) is 0 Å². The van der Waals surface area contributed by atoms with Crippen molar-refractivity contribution in [2.24, 2.45) is 11.7 Å². The normalized spacial score (nSPS) is 29.8. The molecule has 1 aliphatic carbocycles. The summed E-state index contributed by atoms with van der Waals surface area (Å²) in [6.07, 6.45) is 1.33. The number of nitrogens with one attached hydrogen (secondary N) is 1. The van der Waals surface area contributed by atoms with Crippen LogP contribution in [0.25, 0.3) is 0 Å². The second-order valence-corrected chi connectivity index (χ2v) is 10.5. The van der Waals surface area contributed by atoms with Gasteiger partial charge in [-0.3, -0.25) is 19.2 Å². The fraction of sp³-hybridized carbons (Fsp3) is 0.621. The van der Waals surface area contributed by atoms with Gasteiger partial charge in [0.15, 0.2) is 5.60 Å². The van der Waals surface area contributed by atoms with Gasteiger partial charge in [-0.1, -0.05) is 24.5 Å². The average molecular weight is 556 g/mol. The molecule has 6 atom stereocenters. The van der Waals surface area contributed by atoms with Crippen molar-refractivity contribution >= 4 is 17.8 Å². The van der Waals surface area contributed by atoms with Crippen LogP contribution in [0.5, 0.6) is 0 Å². The number of epoxide rings is 1. The van der Waals surface area contributed by atoms with E-state index in [4.69, 9.17) is 29.5 Å². The third-order valence-corrected chi connectivity index (χ3v) is 7.77. The molecule has 1 aromatic rings. The van der Waals surface area contributed by atoms with Gasteiger partial charge in [-0.2, -0.15) is 5.06 Å². The number of carbonyl (C=O) groups excluding carboxylic acids is 3. The first-order valence-electron chi connectivity index (χ1n) is 14.1. The molecule has 4 fully saturated rings. The van der Waals surface area contributed by atoms with Crippen molar-refractivity contribution in [2.75, 3.05) is 19.8 Å². The third-order valence-electron chi connectivity index (χ3n) is 7.77. The van der Waals surface area contributed by atoms with Gasteiger partial charge >= 0.3 is 5.97 Å². The number of benzene rings is 1. The molecule has 1 aromatic carbocycles. The van der Waals surface area contributed by atoms with E-state index in [1.165, 1.54) is 0 Å². The predicted octanol–water partition coefficient (Wildman–Crippen LogP) is 1.17. The highest BCUT2D eigenvalue weighted by atomic mass is 16.7. The van der Waals surface area contributed by atoms with Gasteiger partial charge in [0, 0.05) is 38.2 Å². The zero-order chi connectivity index (χ0) is 28.3. The van der Waals surface area contributed by atoms with Crippen LogP contribution >= 0.6 is 0 Å². The van der Waals surface area contributed by atoms with Gasteiger partial charge in [0.25, 0.3) is 5.91 Å². The molecule has 3 saturated heterocycles. The summed E-state index contributed by atoms with van der Waals surface area (Å²) >= 11 is 0. The van der Waals surface area contributed by atoms with Crippen molar-refractivity contribution in [1.82, 2.24) is 10.4 Å². The van der Waals surface area contributed by atoms with Crippen molar-refractivity contribution in [3.63, 3.8) is 0 Å². The highest BCUT2D eigenvalue weighted by molar-refractivity contribution is 5.90. The molecule has 4 aliphatic rings. The monoisotopic (exact) mass is 555 g/mol. The smallest absolute Gasteiger partial charge is 0.326 e. The quantitative estimate of drug-likeness (QED) is 0.121. The van der Waals surface area contributed by atoms with Crippen molar-refractivity contribution in [1.29, 1.82) is 0 Å². The topological polar surface area (TPSA) is 142 Å². The van der Waals surface area contributed by atoms with Crippen LogP contribution in [0.1, 0.15) is 57.1 Å². The number of esters is 1. The van der Waals surface area contributed by atoms with E-state index in [0.717, 1.165) is 17.5 Å². The number of ether oxygens (including phenoxy) is 4. The van der Waals surface area contributed by atoms with Gasteiger partial charge in [-0.05, 0) is 50.3 Å². The summed E-state index contributed by atoms with van der Waals surface area (Å²) < 4.78 is 22.5. The predicted molar refractivity (Wildman–Crippen MR) is 141 cm³/mol. The Labute approximate surface area is 233 Å². The van der Waals surface area contributed by atoms with Crippen LogP contribution in [0.3, 0.4) is 0 Å². The minimum absolute atomic E-state index is 0.184. The van der Waals surface area contributed by atoms with Crippen molar-refractivity contribution < 1.29 is 38.2 Å². The molecule has 0 bridgehead atoms. The first-order chi connectivity index (χ1) is 19.4. The Bertz CT molecular complexity index is 1180. The lowest BCUT2D eigenvalue weighted by molar-refractivity contribution is -0.229. The highest BCUT2D eigenvalue weighted by Crippen LogP contribution is 2.57. The molecule has 0 radical (unpaired) electrons. The lowest BCUT2D eigenvalue weighted by Gasteiger charge is -2.35. The maximum atomic E-state index is 13.6. The molecule has 11 heteroatoms. The van der Waals surface area contributed by atoms with Crippen LogP contribution in [-0.2, 0) is 44.7 Å². The van der Waals surface area contributed by atoms with E-state index in [-0.39, 0.29) is 30.6 Å². The molecule has 0 aromatic heterocycles. The number of fused-ring (bicyclic) bond motifs is 2. The van der Waals surface area contributed by atoms with E-state index in [1.54, 1.807) is 5.06 Å². The summed E-state index contributed by atoms with van der Waals surface area (Å²) in [5, 5.41) is 4.59. The molecular formula is C29H37N3O8. The summed E-state index contributed by atoms with van der Waals surface area (Å²) in [7, 11) is 0.